The zero-order valence-electron chi connectivity index (χ0n) is 10.8. The molecule has 1 saturated heterocycles. The summed E-state index contributed by atoms with van der Waals surface area (Å²) in [6, 6.07) is 5.40. The van der Waals surface area contributed by atoms with Crippen LogP contribution < -0.4 is 4.90 Å². The summed E-state index contributed by atoms with van der Waals surface area (Å²) in [5.41, 5.74) is 1.78. The molecule has 0 aliphatic carbocycles. The first kappa shape index (κ1) is 14.3. The Kier molecular flexibility index (Phi) is 4.76. The number of halogens is 1. The maximum Gasteiger partial charge on any atom is 0.292 e. The van der Waals surface area contributed by atoms with Crippen LogP contribution in [0, 0.1) is 10.1 Å². The van der Waals surface area contributed by atoms with Crippen LogP contribution in [0.25, 0.3) is 0 Å². The molecule has 6 heteroatoms. The molecule has 5 nitrogen and oxygen atoms in total. The molecule has 1 aliphatic heterocycles. The van der Waals surface area contributed by atoms with Crippen LogP contribution in [-0.2, 0) is 10.1 Å². The van der Waals surface area contributed by atoms with E-state index in [-0.39, 0.29) is 16.7 Å². The Hall–Kier alpha value is -1.14. The normalized spacial score (nSPS) is 19.5. The Morgan fingerprint density at radius 3 is 3.00 bits per heavy atom. The third-order valence-corrected chi connectivity index (χ3v) is 4.09. The van der Waals surface area contributed by atoms with Crippen molar-refractivity contribution in [2.75, 3.05) is 25.1 Å². The molecule has 1 aromatic carbocycles. The second-order valence-corrected chi connectivity index (χ2v) is 5.22. The summed E-state index contributed by atoms with van der Waals surface area (Å²) in [5, 5.41) is 11.8. The third-order valence-electron chi connectivity index (χ3n) is 3.44. The summed E-state index contributed by atoms with van der Waals surface area (Å²) in [4.78, 5) is 13.0. The van der Waals surface area contributed by atoms with Crippen molar-refractivity contribution in [2.45, 2.75) is 24.3 Å². The first-order valence-electron chi connectivity index (χ1n) is 6.26. The van der Waals surface area contributed by atoms with Gasteiger partial charge in [-0.2, -0.15) is 0 Å². The number of ether oxygens (including phenoxy) is 1. The molecule has 1 aromatic rings. The second-order valence-electron chi connectivity index (χ2n) is 4.66. The van der Waals surface area contributed by atoms with E-state index in [0.717, 1.165) is 24.9 Å². The predicted octanol–water partition coefficient (Wildman–Crippen LogP) is 3.10. The van der Waals surface area contributed by atoms with Gasteiger partial charge in [0.2, 0.25) is 0 Å². The van der Waals surface area contributed by atoms with E-state index in [1.807, 2.05) is 17.0 Å². The lowest BCUT2D eigenvalue weighted by Gasteiger charge is -2.33. The topological polar surface area (TPSA) is 55.6 Å². The van der Waals surface area contributed by atoms with Gasteiger partial charge in [0.15, 0.2) is 0 Å². The van der Waals surface area contributed by atoms with Crippen LogP contribution in [-0.4, -0.2) is 31.2 Å². The Bertz CT molecular complexity index is 467. The lowest BCUT2D eigenvalue weighted by molar-refractivity contribution is -0.384. The fraction of sp³-hybridized carbons (Fsp3) is 0.538. The standard InChI is InChI=1S/C13H17BrN2O3/c1-19-11-3-2-6-15(9-11)12-5-4-10(8-14)7-13(12)16(17)18/h4-5,7,11H,2-3,6,8-9H2,1H3. The number of hydrogen-bond donors (Lipinski definition) is 0. The Labute approximate surface area is 120 Å². The van der Waals surface area contributed by atoms with Crippen LogP contribution >= 0.6 is 15.9 Å². The first-order chi connectivity index (χ1) is 9.15. The van der Waals surface area contributed by atoms with E-state index in [9.17, 15) is 10.1 Å². The Morgan fingerprint density at radius 1 is 1.58 bits per heavy atom. The average molecular weight is 329 g/mol. The van der Waals surface area contributed by atoms with Gasteiger partial charge >= 0.3 is 0 Å². The highest BCUT2D eigenvalue weighted by atomic mass is 79.9. The van der Waals surface area contributed by atoms with E-state index >= 15 is 0 Å². The van der Waals surface area contributed by atoms with Crippen molar-refractivity contribution in [1.29, 1.82) is 0 Å². The van der Waals surface area contributed by atoms with Gasteiger partial charge in [-0.15, -0.1) is 0 Å². The van der Waals surface area contributed by atoms with Crippen molar-refractivity contribution in [2.24, 2.45) is 0 Å². The molecule has 2 rings (SSSR count). The van der Waals surface area contributed by atoms with Gasteiger partial charge < -0.3 is 9.64 Å². The van der Waals surface area contributed by atoms with Crippen molar-refractivity contribution >= 4 is 27.3 Å². The number of piperidine rings is 1. The monoisotopic (exact) mass is 328 g/mol. The van der Waals surface area contributed by atoms with Gasteiger partial charge in [-0.05, 0) is 24.5 Å². The van der Waals surface area contributed by atoms with Gasteiger partial charge in [-0.25, -0.2) is 0 Å². The van der Waals surface area contributed by atoms with Crippen LogP contribution in [0.1, 0.15) is 18.4 Å². The van der Waals surface area contributed by atoms with Crippen molar-refractivity contribution in [3.05, 3.63) is 33.9 Å². The van der Waals surface area contributed by atoms with Gasteiger partial charge in [0.1, 0.15) is 5.69 Å². The SMILES string of the molecule is COC1CCCN(c2ccc(CBr)cc2[N+](=O)[O-])C1. The van der Waals surface area contributed by atoms with E-state index in [2.05, 4.69) is 15.9 Å². The van der Waals surface area contributed by atoms with Crippen LogP contribution in [0.15, 0.2) is 18.2 Å². The summed E-state index contributed by atoms with van der Waals surface area (Å²) in [7, 11) is 1.69. The molecule has 1 atom stereocenters. The maximum absolute atomic E-state index is 11.2. The molecule has 0 amide bonds. The Morgan fingerprint density at radius 2 is 2.37 bits per heavy atom. The molecule has 0 saturated carbocycles. The number of anilines is 1. The zero-order valence-corrected chi connectivity index (χ0v) is 12.4. The van der Waals surface area contributed by atoms with E-state index in [4.69, 9.17) is 4.74 Å². The van der Waals surface area contributed by atoms with Gasteiger partial charge in [-0.3, -0.25) is 10.1 Å². The fourth-order valence-corrected chi connectivity index (χ4v) is 2.76. The summed E-state index contributed by atoms with van der Waals surface area (Å²) in [6.45, 7) is 1.55. The highest BCUT2D eigenvalue weighted by molar-refractivity contribution is 9.08. The minimum absolute atomic E-state index is 0.157. The zero-order chi connectivity index (χ0) is 13.8. The van der Waals surface area contributed by atoms with Crippen LogP contribution in [0.2, 0.25) is 0 Å². The quantitative estimate of drug-likeness (QED) is 0.484. The number of nitrogens with zero attached hydrogens (tertiary/aromatic N) is 2. The number of nitro groups is 1. The number of hydrogen-bond acceptors (Lipinski definition) is 4. The lowest BCUT2D eigenvalue weighted by Crippen LogP contribution is -2.39. The van der Waals surface area contributed by atoms with E-state index < -0.39 is 0 Å². The van der Waals surface area contributed by atoms with Crippen LogP contribution in [0.4, 0.5) is 11.4 Å². The summed E-state index contributed by atoms with van der Waals surface area (Å²) in [5.74, 6) is 0. The number of rotatable bonds is 4. The summed E-state index contributed by atoms with van der Waals surface area (Å²) < 4.78 is 5.37. The molecular formula is C13H17BrN2O3. The predicted molar refractivity (Wildman–Crippen MR) is 78.0 cm³/mol. The molecule has 1 unspecified atom stereocenters. The third kappa shape index (κ3) is 3.25. The minimum atomic E-state index is -0.308. The van der Waals surface area contributed by atoms with Crippen molar-refractivity contribution < 1.29 is 9.66 Å². The van der Waals surface area contributed by atoms with Crippen LogP contribution in [0.5, 0.6) is 0 Å². The molecule has 0 radical (unpaired) electrons. The smallest absolute Gasteiger partial charge is 0.292 e. The lowest BCUT2D eigenvalue weighted by atomic mass is 10.1. The van der Waals surface area contributed by atoms with Gasteiger partial charge in [0, 0.05) is 31.6 Å². The molecule has 1 aliphatic rings. The molecule has 0 aromatic heterocycles. The average Bonchev–Trinajstić information content (AvgIpc) is 2.46. The second kappa shape index (κ2) is 6.34. The molecule has 0 bridgehead atoms. The largest absolute Gasteiger partial charge is 0.380 e. The molecule has 19 heavy (non-hydrogen) atoms. The van der Waals surface area contributed by atoms with Crippen molar-refractivity contribution in [3.8, 4) is 0 Å². The fourth-order valence-electron chi connectivity index (χ4n) is 2.42. The number of benzene rings is 1. The van der Waals surface area contributed by atoms with Gasteiger partial charge in [0.05, 0.1) is 11.0 Å². The van der Waals surface area contributed by atoms with Crippen LogP contribution in [0.3, 0.4) is 0 Å². The number of alkyl halides is 1. The first-order valence-corrected chi connectivity index (χ1v) is 7.39. The summed E-state index contributed by atoms with van der Waals surface area (Å²) in [6.07, 6.45) is 2.17. The molecule has 0 spiro atoms. The summed E-state index contributed by atoms with van der Waals surface area (Å²) >= 11 is 3.33. The highest BCUT2D eigenvalue weighted by Crippen LogP contribution is 2.32. The van der Waals surface area contributed by atoms with E-state index in [1.165, 1.54) is 0 Å². The van der Waals surface area contributed by atoms with Crippen molar-refractivity contribution in [3.63, 3.8) is 0 Å². The number of methoxy groups -OCH3 is 1. The van der Waals surface area contributed by atoms with Crippen molar-refractivity contribution in [1.82, 2.24) is 0 Å². The molecule has 104 valence electrons. The molecule has 1 heterocycles. The van der Waals surface area contributed by atoms with E-state index in [1.54, 1.807) is 13.2 Å². The maximum atomic E-state index is 11.2. The number of nitro benzene ring substituents is 1. The highest BCUT2D eigenvalue weighted by Gasteiger charge is 2.25. The molecule has 1 fully saturated rings. The Balaban J connectivity index is 2.30. The van der Waals surface area contributed by atoms with Gasteiger partial charge in [-0.1, -0.05) is 22.0 Å². The van der Waals surface area contributed by atoms with E-state index in [0.29, 0.717) is 17.6 Å². The molecular weight excluding hydrogens is 312 g/mol. The minimum Gasteiger partial charge on any atom is -0.380 e. The van der Waals surface area contributed by atoms with Gasteiger partial charge in [0.25, 0.3) is 5.69 Å². The molecule has 0 N–H and O–H groups in total.